The summed E-state index contributed by atoms with van der Waals surface area (Å²) in [5, 5.41) is 18.8. The van der Waals surface area contributed by atoms with E-state index in [1.54, 1.807) is 24.5 Å². The highest BCUT2D eigenvalue weighted by atomic mass is 19.1. The van der Waals surface area contributed by atoms with Gasteiger partial charge in [-0.05, 0) is 42.8 Å². The summed E-state index contributed by atoms with van der Waals surface area (Å²) in [6.07, 6.45) is 2.31. The standard InChI is InChI=1S/C19H23FN2O2/c1-2-3-10-22(14-16(20)8-9-21)13-15-6-7-17(18(23)12-15)19-5-4-11-24-19/h4-7,11-12,16,23H,2-3,8,10,13-14H2,1H3. The maximum atomic E-state index is 13.8. The normalized spacial score (nSPS) is 12.2. The van der Waals surface area contributed by atoms with E-state index in [0.717, 1.165) is 24.9 Å². The van der Waals surface area contributed by atoms with Gasteiger partial charge in [0.1, 0.15) is 17.7 Å². The van der Waals surface area contributed by atoms with Crippen molar-refractivity contribution in [1.82, 2.24) is 4.90 Å². The van der Waals surface area contributed by atoms with Crippen LogP contribution in [0.2, 0.25) is 0 Å². The zero-order chi connectivity index (χ0) is 17.4. The largest absolute Gasteiger partial charge is 0.507 e. The van der Waals surface area contributed by atoms with E-state index in [-0.39, 0.29) is 18.7 Å². The molecule has 0 aliphatic rings. The lowest BCUT2D eigenvalue weighted by atomic mass is 10.1. The van der Waals surface area contributed by atoms with Crippen molar-refractivity contribution in [2.75, 3.05) is 13.1 Å². The summed E-state index contributed by atoms with van der Waals surface area (Å²) in [6, 6.07) is 10.8. The van der Waals surface area contributed by atoms with Gasteiger partial charge in [0.05, 0.1) is 24.3 Å². The third-order valence-corrected chi connectivity index (χ3v) is 3.85. The number of unbranched alkanes of at least 4 members (excludes halogenated alkanes) is 1. The first-order chi connectivity index (χ1) is 11.6. The molecule has 0 aliphatic carbocycles. The Morgan fingerprint density at radius 3 is 2.83 bits per heavy atom. The molecule has 2 aromatic rings. The Morgan fingerprint density at radius 1 is 1.38 bits per heavy atom. The van der Waals surface area contributed by atoms with Crippen molar-refractivity contribution in [3.05, 3.63) is 42.2 Å². The number of phenolic OH excluding ortho intramolecular Hbond substituents is 1. The van der Waals surface area contributed by atoms with Gasteiger partial charge in [-0.3, -0.25) is 4.90 Å². The summed E-state index contributed by atoms with van der Waals surface area (Å²) in [6.45, 7) is 3.62. The number of benzene rings is 1. The quantitative estimate of drug-likeness (QED) is 0.735. The zero-order valence-electron chi connectivity index (χ0n) is 13.9. The number of rotatable bonds is 9. The first kappa shape index (κ1) is 18.0. The van der Waals surface area contributed by atoms with Crippen LogP contribution >= 0.6 is 0 Å². The molecule has 0 saturated heterocycles. The Balaban J connectivity index is 2.07. The summed E-state index contributed by atoms with van der Waals surface area (Å²) in [4.78, 5) is 1.99. The lowest BCUT2D eigenvalue weighted by Crippen LogP contribution is -2.31. The Labute approximate surface area is 142 Å². The number of hydrogen-bond acceptors (Lipinski definition) is 4. The number of nitrogens with zero attached hydrogens (tertiary/aromatic N) is 2. The van der Waals surface area contributed by atoms with E-state index in [4.69, 9.17) is 9.68 Å². The molecule has 0 saturated carbocycles. The number of alkyl halides is 1. The molecule has 4 nitrogen and oxygen atoms in total. The van der Waals surface area contributed by atoms with Gasteiger partial charge in [0.25, 0.3) is 0 Å². The van der Waals surface area contributed by atoms with E-state index < -0.39 is 6.17 Å². The van der Waals surface area contributed by atoms with E-state index >= 15 is 0 Å². The van der Waals surface area contributed by atoms with Crippen LogP contribution < -0.4 is 0 Å². The van der Waals surface area contributed by atoms with Crippen LogP contribution in [0, 0.1) is 11.3 Å². The molecular weight excluding hydrogens is 307 g/mol. The molecule has 1 aromatic carbocycles. The molecule has 0 aliphatic heterocycles. The number of aromatic hydroxyl groups is 1. The van der Waals surface area contributed by atoms with Gasteiger partial charge < -0.3 is 9.52 Å². The van der Waals surface area contributed by atoms with Crippen LogP contribution in [0.4, 0.5) is 4.39 Å². The van der Waals surface area contributed by atoms with Crippen LogP contribution in [0.3, 0.4) is 0 Å². The van der Waals surface area contributed by atoms with Gasteiger partial charge in [0.2, 0.25) is 0 Å². The predicted molar refractivity (Wildman–Crippen MR) is 91.1 cm³/mol. The summed E-state index contributed by atoms with van der Waals surface area (Å²) >= 11 is 0. The topological polar surface area (TPSA) is 60.4 Å². The number of nitriles is 1. The van der Waals surface area contributed by atoms with Crippen molar-refractivity contribution in [3.8, 4) is 23.1 Å². The highest BCUT2D eigenvalue weighted by Crippen LogP contribution is 2.30. The molecule has 0 amide bonds. The second kappa shape index (κ2) is 9.09. The molecule has 24 heavy (non-hydrogen) atoms. The Bertz CT molecular complexity index is 665. The van der Waals surface area contributed by atoms with E-state index in [1.807, 2.05) is 23.1 Å². The van der Waals surface area contributed by atoms with Crippen LogP contribution in [0.1, 0.15) is 31.7 Å². The van der Waals surface area contributed by atoms with E-state index in [0.29, 0.717) is 17.9 Å². The van der Waals surface area contributed by atoms with Gasteiger partial charge in [-0.2, -0.15) is 5.26 Å². The zero-order valence-corrected chi connectivity index (χ0v) is 13.9. The summed E-state index contributed by atoms with van der Waals surface area (Å²) < 4.78 is 19.1. The average molecular weight is 330 g/mol. The maximum absolute atomic E-state index is 13.8. The Hall–Kier alpha value is -2.32. The number of hydrogen-bond donors (Lipinski definition) is 1. The lowest BCUT2D eigenvalue weighted by Gasteiger charge is -2.23. The molecule has 1 aromatic heterocycles. The van der Waals surface area contributed by atoms with Gasteiger partial charge in [-0.15, -0.1) is 0 Å². The van der Waals surface area contributed by atoms with Crippen LogP contribution in [0.5, 0.6) is 5.75 Å². The first-order valence-corrected chi connectivity index (χ1v) is 8.23. The molecule has 5 heteroatoms. The van der Waals surface area contributed by atoms with E-state index in [1.165, 1.54) is 0 Å². The predicted octanol–water partition coefficient (Wildman–Crippen LogP) is 4.51. The number of phenols is 1. The Kier molecular flexibility index (Phi) is 6.83. The average Bonchev–Trinajstić information content (AvgIpc) is 3.07. The van der Waals surface area contributed by atoms with Crippen molar-refractivity contribution in [3.63, 3.8) is 0 Å². The minimum atomic E-state index is -1.15. The fraction of sp³-hybridized carbons (Fsp3) is 0.421. The molecular formula is C19H23FN2O2. The SMILES string of the molecule is CCCCN(Cc1ccc(-c2ccco2)c(O)c1)CC(F)CC#N. The van der Waals surface area contributed by atoms with Crippen molar-refractivity contribution in [1.29, 1.82) is 5.26 Å². The highest BCUT2D eigenvalue weighted by Gasteiger charge is 2.15. The van der Waals surface area contributed by atoms with Crippen molar-refractivity contribution in [2.24, 2.45) is 0 Å². The van der Waals surface area contributed by atoms with Crippen LogP contribution in [-0.2, 0) is 6.54 Å². The molecule has 2 rings (SSSR count). The van der Waals surface area contributed by atoms with E-state index in [9.17, 15) is 9.50 Å². The first-order valence-electron chi connectivity index (χ1n) is 8.23. The molecule has 1 N–H and O–H groups in total. The number of furan rings is 1. The van der Waals surface area contributed by atoms with Crippen molar-refractivity contribution >= 4 is 0 Å². The summed E-state index contributed by atoms with van der Waals surface area (Å²) in [7, 11) is 0. The van der Waals surface area contributed by atoms with Crippen LogP contribution in [0.15, 0.2) is 41.0 Å². The van der Waals surface area contributed by atoms with Crippen LogP contribution in [0.25, 0.3) is 11.3 Å². The monoisotopic (exact) mass is 330 g/mol. The molecule has 0 spiro atoms. The third-order valence-electron chi connectivity index (χ3n) is 3.85. The smallest absolute Gasteiger partial charge is 0.137 e. The molecule has 128 valence electrons. The molecule has 1 heterocycles. The van der Waals surface area contributed by atoms with Crippen LogP contribution in [-0.4, -0.2) is 29.3 Å². The van der Waals surface area contributed by atoms with Crippen molar-refractivity contribution < 1.29 is 13.9 Å². The fourth-order valence-electron chi connectivity index (χ4n) is 2.63. The highest BCUT2D eigenvalue weighted by molar-refractivity contribution is 5.65. The second-order valence-corrected chi connectivity index (χ2v) is 5.88. The Morgan fingerprint density at radius 2 is 2.21 bits per heavy atom. The molecule has 0 radical (unpaired) electrons. The minimum Gasteiger partial charge on any atom is -0.507 e. The fourth-order valence-corrected chi connectivity index (χ4v) is 2.63. The molecule has 0 fully saturated rings. The second-order valence-electron chi connectivity index (χ2n) is 5.88. The van der Waals surface area contributed by atoms with Gasteiger partial charge in [0, 0.05) is 13.1 Å². The van der Waals surface area contributed by atoms with Gasteiger partial charge in [0.15, 0.2) is 0 Å². The van der Waals surface area contributed by atoms with Gasteiger partial charge in [-0.25, -0.2) is 4.39 Å². The molecule has 0 bridgehead atoms. The maximum Gasteiger partial charge on any atom is 0.137 e. The minimum absolute atomic E-state index is 0.0920. The molecule has 1 unspecified atom stereocenters. The molecule has 1 atom stereocenters. The lowest BCUT2D eigenvalue weighted by molar-refractivity contribution is 0.184. The van der Waals surface area contributed by atoms with Gasteiger partial charge in [-0.1, -0.05) is 19.4 Å². The third kappa shape index (κ3) is 5.10. The van der Waals surface area contributed by atoms with E-state index in [2.05, 4.69) is 6.92 Å². The van der Waals surface area contributed by atoms with Gasteiger partial charge >= 0.3 is 0 Å². The summed E-state index contributed by atoms with van der Waals surface area (Å²) in [5.74, 6) is 0.756. The van der Waals surface area contributed by atoms with Crippen molar-refractivity contribution in [2.45, 2.75) is 38.9 Å². The summed E-state index contributed by atoms with van der Waals surface area (Å²) in [5.41, 5.74) is 1.54. The number of halogens is 1.